The van der Waals surface area contributed by atoms with Crippen LogP contribution in [-0.2, 0) is 0 Å². The second-order valence-corrected chi connectivity index (χ2v) is 11.9. The second-order valence-electron chi connectivity index (χ2n) is 11.9. The monoisotopic (exact) mass is 794 g/mol. The van der Waals surface area contributed by atoms with Gasteiger partial charge in [-0.05, 0) is 48.6 Å². The van der Waals surface area contributed by atoms with Crippen LogP contribution in [0.1, 0.15) is 16.7 Å². The summed E-state index contributed by atoms with van der Waals surface area (Å²) in [4.78, 5) is 14.7. The lowest BCUT2D eigenvalue weighted by Gasteiger charge is -2.13. The van der Waals surface area contributed by atoms with Gasteiger partial charge in [-0.2, -0.15) is 0 Å². The van der Waals surface area contributed by atoms with Crippen molar-refractivity contribution in [3.63, 3.8) is 0 Å². The minimum Gasteiger partial charge on any atom is -0.354 e. The molecule has 1 aromatic heterocycles. The Bertz CT molecular complexity index is 2870. The van der Waals surface area contributed by atoms with Gasteiger partial charge >= 0.3 is 0 Å². The van der Waals surface area contributed by atoms with Crippen LogP contribution in [0.5, 0.6) is 0 Å². The first-order chi connectivity index (χ1) is 26.5. The average molecular weight is 794 g/mol. The summed E-state index contributed by atoms with van der Waals surface area (Å²) in [6.45, 7) is 0. The molecule has 19 heteroatoms. The van der Waals surface area contributed by atoms with E-state index in [1.165, 1.54) is 0 Å². The fourth-order valence-corrected chi connectivity index (χ4v) is 6.28. The molecule has 0 unspecified atom stereocenters. The number of aromatic nitrogens is 1. The van der Waals surface area contributed by atoms with Gasteiger partial charge in [0.2, 0.25) is 17.5 Å². The fraction of sp³-hybridized carbons (Fsp3) is 0. The van der Waals surface area contributed by atoms with Crippen molar-refractivity contribution >= 4 is 33.9 Å². The van der Waals surface area contributed by atoms with Gasteiger partial charge in [0.25, 0.3) is 0 Å². The zero-order valence-electron chi connectivity index (χ0n) is 26.6. The van der Waals surface area contributed by atoms with Crippen molar-refractivity contribution in [2.75, 3.05) is 0 Å². The maximum Gasteiger partial charge on any atom is 0.200 e. The Kier molecular flexibility index (Phi) is 8.24. The van der Waals surface area contributed by atoms with Crippen molar-refractivity contribution in [2.45, 2.75) is 0 Å². The summed E-state index contributed by atoms with van der Waals surface area (Å²) >= 11 is 0. The summed E-state index contributed by atoms with van der Waals surface area (Å²) in [7, 11) is 0. The van der Waals surface area contributed by atoms with Crippen molar-refractivity contribution < 1.29 is 65.9 Å². The van der Waals surface area contributed by atoms with E-state index >= 15 is 26.3 Å². The molecule has 0 radical (unpaired) electrons. The Balaban J connectivity index is 1.58. The van der Waals surface area contributed by atoms with Crippen LogP contribution in [0.4, 0.5) is 65.9 Å². The van der Waals surface area contributed by atoms with Gasteiger partial charge in [-0.15, -0.1) is 0 Å². The number of fused-ring (bicyclic) bond motifs is 5. The maximum atomic E-state index is 15.6. The number of halogens is 15. The van der Waals surface area contributed by atoms with Gasteiger partial charge in [0.1, 0.15) is 0 Å². The van der Waals surface area contributed by atoms with Crippen molar-refractivity contribution in [1.82, 2.24) is 4.98 Å². The predicted molar refractivity (Wildman–Crippen MR) is 167 cm³/mol. The molecule has 0 spiro atoms. The van der Waals surface area contributed by atoms with Crippen LogP contribution in [0, 0.1) is 87.3 Å². The van der Waals surface area contributed by atoms with Gasteiger partial charge in [-0.3, -0.25) is 0 Å². The molecule has 4 aliphatic rings. The number of aliphatic imine (C=N–C) groups is 3. The quantitative estimate of drug-likeness (QED) is 0.124. The first kappa shape index (κ1) is 36.3. The predicted octanol–water partition coefficient (Wildman–Crippen LogP) is 8.17. The molecule has 0 saturated carbocycles. The maximum absolute atomic E-state index is 15.6. The zero-order valence-corrected chi connectivity index (χ0v) is 26.6. The van der Waals surface area contributed by atoms with Crippen LogP contribution in [0.25, 0.3) is 16.7 Å². The van der Waals surface area contributed by atoms with E-state index in [4.69, 9.17) is 0 Å². The van der Waals surface area contributed by atoms with E-state index in [2.05, 4.69) is 20.0 Å². The van der Waals surface area contributed by atoms with E-state index in [0.717, 1.165) is 48.6 Å². The van der Waals surface area contributed by atoms with Gasteiger partial charge in [-0.1, -0.05) is 0 Å². The number of hydrogen-bond acceptors (Lipinski definition) is 3. The highest BCUT2D eigenvalue weighted by atomic mass is 19.2. The van der Waals surface area contributed by atoms with Crippen LogP contribution in [0.2, 0.25) is 0 Å². The Morgan fingerprint density at radius 1 is 0.286 bits per heavy atom. The normalized spacial score (nSPS) is 16.0. The minimum absolute atomic E-state index is 0.254. The largest absolute Gasteiger partial charge is 0.354 e. The van der Waals surface area contributed by atoms with Crippen LogP contribution >= 0.6 is 0 Å². The number of rotatable bonds is 3. The Hall–Kier alpha value is -6.66. The lowest BCUT2D eigenvalue weighted by Crippen LogP contribution is -2.24. The highest BCUT2D eigenvalue weighted by molar-refractivity contribution is 6.35. The molecule has 5 heterocycles. The summed E-state index contributed by atoms with van der Waals surface area (Å²) in [5.41, 5.74) is -11.1. The summed E-state index contributed by atoms with van der Waals surface area (Å²) in [5.74, 6) is -36.8. The molecule has 0 amide bonds. The smallest absolute Gasteiger partial charge is 0.200 e. The molecular formula is C37H9F15N4. The van der Waals surface area contributed by atoms with Gasteiger partial charge < -0.3 is 4.98 Å². The Labute approximate surface area is 300 Å². The standard InChI is InChI=1S/C37H9F15N4/c38-23-20(24(39)30(45)35(50)29(23)44)17-11-3-1-9(53-11)10-2-4-12(54-10)18(21-25(40)31(46)36(51)32(47)26(21)41)14-6-8-16(56-14)19(15-7-5-13(17)55-15)22-27(42)33(48)37(52)34(49)28(22)43/h1-8,55H. The Morgan fingerprint density at radius 2 is 0.536 bits per heavy atom. The molecule has 0 saturated heterocycles. The van der Waals surface area contributed by atoms with Crippen LogP contribution in [0.3, 0.4) is 0 Å². The highest BCUT2D eigenvalue weighted by Gasteiger charge is 2.36. The molecule has 3 aromatic carbocycles. The van der Waals surface area contributed by atoms with E-state index in [1.807, 2.05) is 0 Å². The number of nitrogens with zero attached hydrogens (tertiary/aromatic N) is 3. The third-order valence-corrected chi connectivity index (χ3v) is 8.81. The number of hydrogen-bond donors (Lipinski definition) is 1. The van der Waals surface area contributed by atoms with Gasteiger partial charge in [0.15, 0.2) is 69.8 Å². The first-order valence-corrected chi connectivity index (χ1v) is 15.3. The molecule has 0 atom stereocenters. The lowest BCUT2D eigenvalue weighted by atomic mass is 9.97. The molecule has 0 fully saturated rings. The molecule has 4 aromatic rings. The number of benzene rings is 3. The number of allylic oxidation sites excluding steroid dienone is 7. The van der Waals surface area contributed by atoms with Crippen molar-refractivity contribution in [3.05, 3.63) is 180 Å². The third-order valence-electron chi connectivity index (χ3n) is 8.81. The summed E-state index contributed by atoms with van der Waals surface area (Å²) in [5, 5.41) is -1.34. The van der Waals surface area contributed by atoms with E-state index in [9.17, 15) is 39.5 Å². The van der Waals surface area contributed by atoms with Crippen LogP contribution in [0.15, 0.2) is 80.7 Å². The SMILES string of the molecule is Fc1c(F)c(F)c(C2=C3C=CC(=N3)C(c3c(F)c(F)c(F)c(F)c3F)=c3ccc([nH]3)=C(c3c(F)c(F)c(F)c(F)c3F)C3=NC(=C4C=CC2=N4)C=C3)c(F)c1F. The van der Waals surface area contributed by atoms with E-state index in [-0.39, 0.29) is 11.4 Å². The fourth-order valence-electron chi connectivity index (χ4n) is 6.28. The number of nitrogens with one attached hydrogen (secondary N) is 1. The molecule has 8 rings (SSSR count). The van der Waals surface area contributed by atoms with Gasteiger partial charge in [0.05, 0.1) is 50.9 Å². The molecule has 1 N–H and O–H groups in total. The molecule has 8 bridgehead atoms. The van der Waals surface area contributed by atoms with E-state index < -0.39 is 154 Å². The average Bonchev–Trinajstić information content (AvgIpc) is 4.03. The van der Waals surface area contributed by atoms with Crippen molar-refractivity contribution in [1.29, 1.82) is 0 Å². The van der Waals surface area contributed by atoms with Gasteiger partial charge in [0, 0.05) is 27.4 Å². The molecular weight excluding hydrogens is 785 g/mol. The van der Waals surface area contributed by atoms with E-state index in [0.29, 0.717) is 0 Å². The number of H-pyrrole nitrogens is 1. The molecule has 4 aliphatic heterocycles. The summed E-state index contributed by atoms with van der Waals surface area (Å²) < 4.78 is 223. The second kappa shape index (κ2) is 12.7. The summed E-state index contributed by atoms with van der Waals surface area (Å²) in [6, 6.07) is 1.67. The topological polar surface area (TPSA) is 52.9 Å². The Morgan fingerprint density at radius 3 is 0.875 bits per heavy atom. The lowest BCUT2D eigenvalue weighted by molar-refractivity contribution is 0.376. The third kappa shape index (κ3) is 5.09. The molecule has 282 valence electrons. The van der Waals surface area contributed by atoms with Crippen LogP contribution < -0.4 is 10.7 Å². The zero-order chi connectivity index (χ0) is 40.2. The summed E-state index contributed by atoms with van der Waals surface area (Å²) in [6.07, 6.45) is 5.72. The van der Waals surface area contributed by atoms with E-state index in [1.54, 1.807) is 0 Å². The first-order valence-electron chi connectivity index (χ1n) is 15.3. The highest BCUT2D eigenvalue weighted by Crippen LogP contribution is 2.38. The number of aromatic amines is 1. The van der Waals surface area contributed by atoms with Crippen molar-refractivity contribution in [2.24, 2.45) is 15.0 Å². The molecule has 4 nitrogen and oxygen atoms in total. The minimum atomic E-state index is -2.61. The van der Waals surface area contributed by atoms with Crippen molar-refractivity contribution in [3.8, 4) is 0 Å². The van der Waals surface area contributed by atoms with Crippen LogP contribution in [-0.4, -0.2) is 22.1 Å². The molecule has 56 heavy (non-hydrogen) atoms. The molecule has 0 aliphatic carbocycles. The van der Waals surface area contributed by atoms with Gasteiger partial charge in [-0.25, -0.2) is 80.8 Å².